The van der Waals surface area contributed by atoms with Crippen molar-refractivity contribution in [3.8, 4) is 0 Å². The Labute approximate surface area is 123 Å². The molecule has 0 aliphatic carbocycles. The van der Waals surface area contributed by atoms with Crippen molar-refractivity contribution in [2.75, 3.05) is 13.2 Å². The van der Waals surface area contributed by atoms with Crippen LogP contribution >= 0.6 is 11.3 Å². The zero-order valence-electron chi connectivity index (χ0n) is 11.7. The maximum atomic E-state index is 5.95. The van der Waals surface area contributed by atoms with Gasteiger partial charge in [0.15, 0.2) is 5.82 Å². The third-order valence-electron chi connectivity index (χ3n) is 2.86. The molecule has 0 aromatic carbocycles. The largest absolute Gasteiger partial charge is 0.379 e. The van der Waals surface area contributed by atoms with Crippen molar-refractivity contribution in [1.82, 2.24) is 10.1 Å². The quantitative estimate of drug-likeness (QED) is 0.720. The predicted octanol–water partition coefficient (Wildman–Crippen LogP) is 2.73. The van der Waals surface area contributed by atoms with Crippen LogP contribution < -0.4 is 5.73 Å². The van der Waals surface area contributed by atoms with Crippen LogP contribution in [0.2, 0.25) is 0 Å². The highest BCUT2D eigenvalue weighted by atomic mass is 32.1. The summed E-state index contributed by atoms with van der Waals surface area (Å²) >= 11 is 1.78. The summed E-state index contributed by atoms with van der Waals surface area (Å²) in [5.74, 6) is 1.19. The number of thiophene rings is 1. The second-order valence-corrected chi connectivity index (χ2v) is 5.69. The highest BCUT2D eigenvalue weighted by Crippen LogP contribution is 2.13. The van der Waals surface area contributed by atoms with Crippen molar-refractivity contribution < 1.29 is 9.26 Å². The summed E-state index contributed by atoms with van der Waals surface area (Å²) in [6.07, 6.45) is 3.81. The van der Waals surface area contributed by atoms with Gasteiger partial charge in [0.25, 0.3) is 0 Å². The van der Waals surface area contributed by atoms with E-state index in [1.54, 1.807) is 11.3 Å². The van der Waals surface area contributed by atoms with Gasteiger partial charge in [-0.1, -0.05) is 18.1 Å². The van der Waals surface area contributed by atoms with Gasteiger partial charge in [0.1, 0.15) is 0 Å². The molecule has 6 heteroatoms. The van der Waals surface area contributed by atoms with Crippen molar-refractivity contribution in [2.45, 2.75) is 38.6 Å². The van der Waals surface area contributed by atoms with Crippen molar-refractivity contribution in [3.05, 3.63) is 34.1 Å². The number of rotatable bonds is 9. The van der Waals surface area contributed by atoms with Crippen LogP contribution in [0.25, 0.3) is 0 Å². The lowest BCUT2D eigenvalue weighted by atomic mass is 10.2. The summed E-state index contributed by atoms with van der Waals surface area (Å²) in [6, 6.07) is 3.90. The SMILES string of the molecule is CCCOCC(N)c1noc(CCCc2cccs2)n1. The molecule has 0 aliphatic rings. The maximum absolute atomic E-state index is 5.95. The van der Waals surface area contributed by atoms with Gasteiger partial charge in [-0.25, -0.2) is 0 Å². The summed E-state index contributed by atoms with van der Waals surface area (Å²) in [7, 11) is 0. The van der Waals surface area contributed by atoms with Gasteiger partial charge in [-0.3, -0.25) is 0 Å². The molecule has 5 nitrogen and oxygen atoms in total. The first-order valence-corrected chi connectivity index (χ1v) is 7.85. The zero-order valence-corrected chi connectivity index (χ0v) is 12.6. The average Bonchev–Trinajstić information content (AvgIpc) is 3.10. The fraction of sp³-hybridized carbons (Fsp3) is 0.571. The van der Waals surface area contributed by atoms with E-state index in [1.807, 2.05) is 0 Å². The van der Waals surface area contributed by atoms with Gasteiger partial charge in [-0.2, -0.15) is 4.98 Å². The lowest BCUT2D eigenvalue weighted by Crippen LogP contribution is -2.18. The zero-order chi connectivity index (χ0) is 14.2. The molecule has 110 valence electrons. The van der Waals surface area contributed by atoms with E-state index in [0.717, 1.165) is 25.7 Å². The topological polar surface area (TPSA) is 74.2 Å². The first-order chi connectivity index (χ1) is 9.79. The maximum Gasteiger partial charge on any atom is 0.226 e. The Morgan fingerprint density at radius 3 is 3.10 bits per heavy atom. The van der Waals surface area contributed by atoms with Crippen molar-refractivity contribution >= 4 is 11.3 Å². The monoisotopic (exact) mass is 295 g/mol. The van der Waals surface area contributed by atoms with E-state index in [-0.39, 0.29) is 6.04 Å². The van der Waals surface area contributed by atoms with Crippen LogP contribution in [0.15, 0.2) is 22.0 Å². The lowest BCUT2D eigenvalue weighted by molar-refractivity contribution is 0.119. The Bertz CT molecular complexity index is 484. The smallest absolute Gasteiger partial charge is 0.226 e. The number of aryl methyl sites for hydroxylation is 2. The molecule has 0 fully saturated rings. The fourth-order valence-electron chi connectivity index (χ4n) is 1.82. The molecule has 0 saturated carbocycles. The normalized spacial score (nSPS) is 12.7. The molecule has 0 saturated heterocycles. The summed E-state index contributed by atoms with van der Waals surface area (Å²) in [5.41, 5.74) is 5.95. The van der Waals surface area contributed by atoms with Crippen LogP contribution in [0, 0.1) is 0 Å². The van der Waals surface area contributed by atoms with E-state index >= 15 is 0 Å². The molecule has 2 rings (SSSR count). The first-order valence-electron chi connectivity index (χ1n) is 6.97. The third-order valence-corrected chi connectivity index (χ3v) is 3.79. The molecule has 1 unspecified atom stereocenters. The Kier molecular flexibility index (Phi) is 6.17. The predicted molar refractivity (Wildman–Crippen MR) is 78.7 cm³/mol. The molecule has 1 atom stereocenters. The number of aromatic nitrogens is 2. The van der Waals surface area contributed by atoms with Gasteiger partial charge in [0.2, 0.25) is 5.89 Å². The second-order valence-electron chi connectivity index (χ2n) is 4.66. The molecule has 2 aromatic rings. The molecule has 2 N–H and O–H groups in total. The standard InChI is InChI=1S/C14H21N3O2S/c1-2-8-18-10-12(15)14-16-13(19-17-14)7-3-5-11-6-4-9-20-11/h4,6,9,12H,2-3,5,7-8,10,15H2,1H3. The number of nitrogens with zero attached hydrogens (tertiary/aromatic N) is 2. The van der Waals surface area contributed by atoms with Gasteiger partial charge in [0, 0.05) is 17.9 Å². The molecule has 0 bridgehead atoms. The van der Waals surface area contributed by atoms with E-state index in [9.17, 15) is 0 Å². The Morgan fingerprint density at radius 2 is 2.35 bits per heavy atom. The van der Waals surface area contributed by atoms with Crippen LogP contribution in [0.3, 0.4) is 0 Å². The van der Waals surface area contributed by atoms with Crippen LogP contribution in [0.5, 0.6) is 0 Å². The number of hydrogen-bond donors (Lipinski definition) is 1. The highest BCUT2D eigenvalue weighted by molar-refractivity contribution is 7.09. The van der Waals surface area contributed by atoms with E-state index in [4.69, 9.17) is 15.0 Å². The van der Waals surface area contributed by atoms with Gasteiger partial charge >= 0.3 is 0 Å². The first kappa shape index (κ1) is 15.2. The van der Waals surface area contributed by atoms with Crippen molar-refractivity contribution in [3.63, 3.8) is 0 Å². The Hall–Kier alpha value is -1.24. The second kappa shape index (κ2) is 8.14. The average molecular weight is 295 g/mol. The minimum atomic E-state index is -0.309. The van der Waals surface area contributed by atoms with Crippen LogP contribution in [-0.4, -0.2) is 23.4 Å². The van der Waals surface area contributed by atoms with Crippen molar-refractivity contribution in [2.24, 2.45) is 5.73 Å². The summed E-state index contributed by atoms with van der Waals surface area (Å²) in [4.78, 5) is 5.71. The molecule has 2 heterocycles. The summed E-state index contributed by atoms with van der Waals surface area (Å²) < 4.78 is 10.6. The lowest BCUT2D eigenvalue weighted by Gasteiger charge is -2.06. The van der Waals surface area contributed by atoms with E-state index in [1.165, 1.54) is 4.88 Å². The van der Waals surface area contributed by atoms with E-state index < -0.39 is 0 Å². The molecular weight excluding hydrogens is 274 g/mol. The van der Waals surface area contributed by atoms with Gasteiger partial charge in [0.05, 0.1) is 12.6 Å². The number of ether oxygens (including phenoxy) is 1. The minimum Gasteiger partial charge on any atom is -0.379 e. The Balaban J connectivity index is 1.73. The van der Waals surface area contributed by atoms with Crippen LogP contribution in [0.1, 0.15) is 42.4 Å². The number of hydrogen-bond acceptors (Lipinski definition) is 6. The summed E-state index contributed by atoms with van der Waals surface area (Å²) in [6.45, 7) is 3.20. The molecule has 2 aromatic heterocycles. The van der Waals surface area contributed by atoms with Crippen LogP contribution in [-0.2, 0) is 17.6 Å². The fourth-order valence-corrected chi connectivity index (χ4v) is 2.57. The van der Waals surface area contributed by atoms with Gasteiger partial charge in [-0.05, 0) is 30.7 Å². The van der Waals surface area contributed by atoms with Crippen LogP contribution in [0.4, 0.5) is 0 Å². The molecular formula is C14H21N3O2S. The molecule has 20 heavy (non-hydrogen) atoms. The van der Waals surface area contributed by atoms with Gasteiger partial charge in [-0.15, -0.1) is 11.3 Å². The molecule has 0 amide bonds. The molecule has 0 spiro atoms. The van der Waals surface area contributed by atoms with E-state index in [2.05, 4.69) is 34.6 Å². The summed E-state index contributed by atoms with van der Waals surface area (Å²) in [5, 5.41) is 6.01. The Morgan fingerprint density at radius 1 is 1.45 bits per heavy atom. The molecule has 0 aliphatic heterocycles. The number of nitrogens with two attached hydrogens (primary N) is 1. The van der Waals surface area contributed by atoms with Gasteiger partial charge < -0.3 is 15.0 Å². The van der Waals surface area contributed by atoms with E-state index in [0.29, 0.717) is 24.9 Å². The van der Waals surface area contributed by atoms with Crippen molar-refractivity contribution in [1.29, 1.82) is 0 Å². The minimum absolute atomic E-state index is 0.309. The molecule has 0 radical (unpaired) electrons. The highest BCUT2D eigenvalue weighted by Gasteiger charge is 2.14. The third kappa shape index (κ3) is 4.70.